The molecule has 0 bridgehead atoms. The van der Waals surface area contributed by atoms with Crippen LogP contribution in [-0.2, 0) is 5.60 Å². The Morgan fingerprint density at radius 3 is 2.71 bits per heavy atom. The van der Waals surface area contributed by atoms with Gasteiger partial charge < -0.3 is 10.0 Å². The Bertz CT molecular complexity index is 342. The Kier molecular flexibility index (Phi) is 2.29. The first-order chi connectivity index (χ1) is 6.62. The fourth-order valence-corrected chi connectivity index (χ4v) is 2.04. The van der Waals surface area contributed by atoms with E-state index in [-0.39, 0.29) is 5.82 Å². The van der Waals surface area contributed by atoms with Crippen LogP contribution in [0.15, 0.2) is 24.3 Å². The lowest BCUT2D eigenvalue weighted by Gasteiger charge is -2.23. The zero-order chi connectivity index (χ0) is 10.2. The average molecular weight is 195 g/mol. The fraction of sp³-hybridized carbons (Fsp3) is 0.455. The van der Waals surface area contributed by atoms with Crippen LogP contribution in [0.25, 0.3) is 0 Å². The predicted octanol–water partition coefficient (Wildman–Crippen LogP) is 1.35. The highest BCUT2D eigenvalue weighted by Gasteiger charge is 2.37. The Morgan fingerprint density at radius 2 is 2.14 bits per heavy atom. The van der Waals surface area contributed by atoms with Gasteiger partial charge in [0.15, 0.2) is 0 Å². The average Bonchev–Trinajstić information content (AvgIpc) is 2.48. The molecule has 0 saturated carbocycles. The predicted molar refractivity (Wildman–Crippen MR) is 52.4 cm³/mol. The molecule has 1 N–H and O–H groups in total. The molecule has 1 aliphatic heterocycles. The summed E-state index contributed by atoms with van der Waals surface area (Å²) in [6, 6.07) is 6.45. The molecule has 1 aromatic carbocycles. The third-order valence-electron chi connectivity index (χ3n) is 2.81. The number of halogens is 1. The van der Waals surface area contributed by atoms with Gasteiger partial charge in [0.05, 0.1) is 0 Å². The molecule has 2 rings (SSSR count). The molecule has 76 valence electrons. The molecule has 2 nitrogen and oxygen atoms in total. The van der Waals surface area contributed by atoms with Crippen molar-refractivity contribution in [2.45, 2.75) is 12.0 Å². The second-order valence-corrected chi connectivity index (χ2v) is 4.00. The van der Waals surface area contributed by atoms with Crippen molar-refractivity contribution in [3.05, 3.63) is 35.6 Å². The summed E-state index contributed by atoms with van der Waals surface area (Å²) in [5, 5.41) is 10.2. The Labute approximate surface area is 83.0 Å². The van der Waals surface area contributed by atoms with E-state index in [1.165, 1.54) is 6.07 Å². The molecule has 1 aromatic rings. The number of hydrogen-bond donors (Lipinski definition) is 1. The van der Waals surface area contributed by atoms with Crippen LogP contribution in [0.3, 0.4) is 0 Å². The molecule has 0 aliphatic carbocycles. The van der Waals surface area contributed by atoms with E-state index in [0.29, 0.717) is 18.5 Å². The summed E-state index contributed by atoms with van der Waals surface area (Å²) in [5.74, 6) is -0.315. The van der Waals surface area contributed by atoms with Crippen LogP contribution < -0.4 is 0 Å². The van der Waals surface area contributed by atoms with E-state index in [1.54, 1.807) is 18.2 Å². The molecule has 0 spiro atoms. The normalized spacial score (nSPS) is 28.2. The molecule has 1 atom stereocenters. The van der Waals surface area contributed by atoms with Crippen molar-refractivity contribution in [3.8, 4) is 0 Å². The van der Waals surface area contributed by atoms with Crippen LogP contribution in [0.5, 0.6) is 0 Å². The minimum atomic E-state index is -1.000. The molecule has 0 amide bonds. The summed E-state index contributed by atoms with van der Waals surface area (Å²) in [6.07, 6.45) is 0.602. The number of β-amino-alcohol motifs (C(OH)–C–C–N with tert-alkyl or cyclic N) is 1. The lowest BCUT2D eigenvalue weighted by molar-refractivity contribution is 0.0452. The van der Waals surface area contributed by atoms with Crippen molar-refractivity contribution >= 4 is 0 Å². The molecular formula is C11H14FNO. The quantitative estimate of drug-likeness (QED) is 0.731. The first kappa shape index (κ1) is 9.62. The number of rotatable bonds is 1. The Hall–Kier alpha value is -0.930. The SMILES string of the molecule is CN1CCC(O)(c2ccccc2F)C1. The standard InChI is InChI=1S/C11H14FNO/c1-13-7-6-11(14,8-13)9-4-2-3-5-10(9)12/h2-5,14H,6-8H2,1H3. The van der Waals surface area contributed by atoms with Crippen LogP contribution in [0.4, 0.5) is 4.39 Å². The summed E-state index contributed by atoms with van der Waals surface area (Å²) in [6.45, 7) is 1.32. The minimum absolute atomic E-state index is 0.315. The van der Waals surface area contributed by atoms with Gasteiger partial charge in [-0.05, 0) is 19.5 Å². The molecular weight excluding hydrogens is 181 g/mol. The number of nitrogens with zero attached hydrogens (tertiary/aromatic N) is 1. The highest BCUT2D eigenvalue weighted by molar-refractivity contribution is 5.25. The van der Waals surface area contributed by atoms with Gasteiger partial charge in [0.25, 0.3) is 0 Å². The van der Waals surface area contributed by atoms with E-state index in [2.05, 4.69) is 0 Å². The van der Waals surface area contributed by atoms with Gasteiger partial charge in [-0.2, -0.15) is 0 Å². The summed E-state index contributed by atoms with van der Waals surface area (Å²) in [7, 11) is 1.93. The van der Waals surface area contributed by atoms with Gasteiger partial charge in [0, 0.05) is 18.7 Å². The largest absolute Gasteiger partial charge is 0.384 e. The molecule has 14 heavy (non-hydrogen) atoms. The topological polar surface area (TPSA) is 23.5 Å². The number of benzene rings is 1. The van der Waals surface area contributed by atoms with Crippen molar-refractivity contribution in [1.82, 2.24) is 4.90 Å². The maximum absolute atomic E-state index is 13.4. The van der Waals surface area contributed by atoms with E-state index in [1.807, 2.05) is 11.9 Å². The molecule has 1 saturated heterocycles. The number of hydrogen-bond acceptors (Lipinski definition) is 2. The van der Waals surface area contributed by atoms with Gasteiger partial charge in [-0.15, -0.1) is 0 Å². The molecule has 1 aliphatic rings. The summed E-state index contributed by atoms with van der Waals surface area (Å²) >= 11 is 0. The van der Waals surface area contributed by atoms with E-state index in [4.69, 9.17) is 0 Å². The second kappa shape index (κ2) is 3.33. The van der Waals surface area contributed by atoms with Crippen LogP contribution >= 0.6 is 0 Å². The molecule has 3 heteroatoms. The van der Waals surface area contributed by atoms with Gasteiger partial charge in [-0.3, -0.25) is 0 Å². The van der Waals surface area contributed by atoms with Crippen molar-refractivity contribution in [3.63, 3.8) is 0 Å². The lowest BCUT2D eigenvalue weighted by Crippen LogP contribution is -2.30. The van der Waals surface area contributed by atoms with Crippen molar-refractivity contribution in [1.29, 1.82) is 0 Å². The smallest absolute Gasteiger partial charge is 0.129 e. The Morgan fingerprint density at radius 1 is 1.43 bits per heavy atom. The van der Waals surface area contributed by atoms with E-state index < -0.39 is 5.60 Å². The first-order valence-corrected chi connectivity index (χ1v) is 4.78. The van der Waals surface area contributed by atoms with Crippen molar-refractivity contribution in [2.75, 3.05) is 20.1 Å². The van der Waals surface area contributed by atoms with Gasteiger partial charge in [-0.1, -0.05) is 18.2 Å². The third-order valence-corrected chi connectivity index (χ3v) is 2.81. The highest BCUT2D eigenvalue weighted by Crippen LogP contribution is 2.32. The van der Waals surface area contributed by atoms with Crippen LogP contribution in [0.2, 0.25) is 0 Å². The molecule has 1 unspecified atom stereocenters. The molecule has 0 radical (unpaired) electrons. The number of likely N-dealkylation sites (tertiary alicyclic amines) is 1. The van der Waals surface area contributed by atoms with Gasteiger partial charge >= 0.3 is 0 Å². The van der Waals surface area contributed by atoms with Crippen LogP contribution in [0.1, 0.15) is 12.0 Å². The second-order valence-electron chi connectivity index (χ2n) is 4.00. The molecule has 0 aromatic heterocycles. The maximum atomic E-state index is 13.4. The monoisotopic (exact) mass is 195 g/mol. The van der Waals surface area contributed by atoms with Crippen molar-refractivity contribution in [2.24, 2.45) is 0 Å². The van der Waals surface area contributed by atoms with Gasteiger partial charge in [0.2, 0.25) is 0 Å². The third kappa shape index (κ3) is 1.53. The maximum Gasteiger partial charge on any atom is 0.129 e. The number of aliphatic hydroxyl groups is 1. The van der Waals surface area contributed by atoms with Crippen LogP contribution in [0, 0.1) is 5.82 Å². The van der Waals surface area contributed by atoms with Crippen LogP contribution in [-0.4, -0.2) is 30.1 Å². The minimum Gasteiger partial charge on any atom is -0.384 e. The highest BCUT2D eigenvalue weighted by atomic mass is 19.1. The summed E-state index contributed by atoms with van der Waals surface area (Å²) < 4.78 is 13.4. The van der Waals surface area contributed by atoms with E-state index >= 15 is 0 Å². The zero-order valence-corrected chi connectivity index (χ0v) is 8.20. The molecule has 1 heterocycles. The first-order valence-electron chi connectivity index (χ1n) is 4.78. The van der Waals surface area contributed by atoms with Gasteiger partial charge in [-0.25, -0.2) is 4.39 Å². The fourth-order valence-electron chi connectivity index (χ4n) is 2.04. The van der Waals surface area contributed by atoms with Crippen molar-refractivity contribution < 1.29 is 9.50 Å². The summed E-state index contributed by atoms with van der Waals surface area (Å²) in [4.78, 5) is 2.01. The number of likely N-dealkylation sites (N-methyl/N-ethyl adjacent to an activating group) is 1. The van der Waals surface area contributed by atoms with E-state index in [9.17, 15) is 9.50 Å². The molecule has 1 fully saturated rings. The van der Waals surface area contributed by atoms with E-state index in [0.717, 1.165) is 6.54 Å². The summed E-state index contributed by atoms with van der Waals surface area (Å²) in [5.41, 5.74) is -0.579. The van der Waals surface area contributed by atoms with Gasteiger partial charge in [0.1, 0.15) is 11.4 Å². The lowest BCUT2D eigenvalue weighted by atomic mass is 9.93. The Balaban J connectivity index is 2.35. The zero-order valence-electron chi connectivity index (χ0n) is 8.20.